The molecular formula is C11H13Br2N3S. The lowest BCUT2D eigenvalue weighted by atomic mass is 10.1. The zero-order valence-corrected chi connectivity index (χ0v) is 13.6. The van der Waals surface area contributed by atoms with E-state index < -0.39 is 0 Å². The molecule has 0 saturated heterocycles. The summed E-state index contributed by atoms with van der Waals surface area (Å²) in [4.78, 5) is 1.18. The van der Waals surface area contributed by atoms with Crippen LogP contribution < -0.4 is 5.73 Å². The van der Waals surface area contributed by atoms with Crippen molar-refractivity contribution in [3.63, 3.8) is 0 Å². The van der Waals surface area contributed by atoms with Crippen LogP contribution in [0.3, 0.4) is 0 Å². The lowest BCUT2D eigenvalue weighted by Crippen LogP contribution is -2.14. The van der Waals surface area contributed by atoms with Gasteiger partial charge < -0.3 is 5.73 Å². The standard InChI is InChI=1S/C11H13Br2N3S/c1-6-11(13)8(16(2)15-6)5-7(14)9-3-4-10(12)17-9/h3-4,7H,5,14H2,1-2H3. The van der Waals surface area contributed by atoms with E-state index in [9.17, 15) is 0 Å². The Labute approximate surface area is 121 Å². The summed E-state index contributed by atoms with van der Waals surface area (Å²) in [6, 6.07) is 4.11. The van der Waals surface area contributed by atoms with Crippen molar-refractivity contribution >= 4 is 43.2 Å². The van der Waals surface area contributed by atoms with Gasteiger partial charge in [-0.3, -0.25) is 4.68 Å². The zero-order chi connectivity index (χ0) is 12.6. The van der Waals surface area contributed by atoms with Crippen molar-refractivity contribution < 1.29 is 0 Å². The lowest BCUT2D eigenvalue weighted by Gasteiger charge is -2.10. The lowest BCUT2D eigenvalue weighted by molar-refractivity contribution is 0.644. The van der Waals surface area contributed by atoms with E-state index in [2.05, 4.69) is 43.0 Å². The van der Waals surface area contributed by atoms with E-state index >= 15 is 0 Å². The molecule has 0 fully saturated rings. The van der Waals surface area contributed by atoms with Gasteiger partial charge in [0.1, 0.15) is 0 Å². The van der Waals surface area contributed by atoms with Gasteiger partial charge in [-0.25, -0.2) is 0 Å². The first-order valence-corrected chi connectivity index (χ1v) is 7.58. The SMILES string of the molecule is Cc1nn(C)c(CC(N)c2ccc(Br)s2)c1Br. The second-order valence-electron chi connectivity index (χ2n) is 3.92. The first-order valence-electron chi connectivity index (χ1n) is 5.18. The van der Waals surface area contributed by atoms with E-state index in [4.69, 9.17) is 5.73 Å². The van der Waals surface area contributed by atoms with Gasteiger partial charge >= 0.3 is 0 Å². The molecule has 2 heterocycles. The molecule has 0 bridgehead atoms. The highest BCUT2D eigenvalue weighted by atomic mass is 79.9. The molecule has 0 aromatic carbocycles. The largest absolute Gasteiger partial charge is 0.323 e. The predicted octanol–water partition coefficient (Wildman–Crippen LogP) is 3.56. The number of hydrogen-bond donors (Lipinski definition) is 1. The van der Waals surface area contributed by atoms with Gasteiger partial charge in [0, 0.05) is 24.4 Å². The molecule has 0 radical (unpaired) electrons. The molecule has 2 aromatic rings. The summed E-state index contributed by atoms with van der Waals surface area (Å²) < 4.78 is 4.07. The van der Waals surface area contributed by atoms with Crippen LogP contribution in [0.25, 0.3) is 0 Å². The maximum absolute atomic E-state index is 6.22. The Morgan fingerprint density at radius 3 is 2.65 bits per heavy atom. The van der Waals surface area contributed by atoms with Crippen LogP contribution in [-0.4, -0.2) is 9.78 Å². The van der Waals surface area contributed by atoms with E-state index in [0.717, 1.165) is 26.1 Å². The van der Waals surface area contributed by atoms with Crippen molar-refractivity contribution in [3.05, 3.63) is 36.7 Å². The van der Waals surface area contributed by atoms with Crippen LogP contribution in [0.2, 0.25) is 0 Å². The van der Waals surface area contributed by atoms with Crippen molar-refractivity contribution in [2.45, 2.75) is 19.4 Å². The Balaban J connectivity index is 2.21. The molecule has 0 aliphatic rings. The van der Waals surface area contributed by atoms with Crippen LogP contribution in [0.1, 0.15) is 22.3 Å². The Kier molecular flexibility index (Phi) is 4.07. The summed E-state index contributed by atoms with van der Waals surface area (Å²) >= 11 is 8.70. The number of hydrogen-bond acceptors (Lipinski definition) is 3. The zero-order valence-electron chi connectivity index (χ0n) is 9.58. The molecule has 1 atom stereocenters. The number of halogens is 2. The quantitative estimate of drug-likeness (QED) is 0.887. The average Bonchev–Trinajstić information content (AvgIpc) is 2.79. The molecule has 2 aromatic heterocycles. The monoisotopic (exact) mass is 377 g/mol. The van der Waals surface area contributed by atoms with Crippen LogP contribution in [-0.2, 0) is 13.5 Å². The summed E-state index contributed by atoms with van der Waals surface area (Å²) in [5.74, 6) is 0. The Morgan fingerprint density at radius 1 is 1.47 bits per heavy atom. The maximum Gasteiger partial charge on any atom is 0.0738 e. The second-order valence-corrected chi connectivity index (χ2v) is 7.21. The van der Waals surface area contributed by atoms with E-state index in [1.54, 1.807) is 11.3 Å². The predicted molar refractivity (Wildman–Crippen MR) is 78.3 cm³/mol. The van der Waals surface area contributed by atoms with Crippen molar-refractivity contribution in [2.24, 2.45) is 12.8 Å². The summed E-state index contributed by atoms with van der Waals surface area (Å²) in [7, 11) is 1.95. The first-order chi connectivity index (χ1) is 7.99. The molecule has 0 amide bonds. The van der Waals surface area contributed by atoms with Crippen LogP contribution in [0, 0.1) is 6.92 Å². The molecule has 92 valence electrons. The van der Waals surface area contributed by atoms with E-state index in [1.165, 1.54) is 4.88 Å². The van der Waals surface area contributed by atoms with E-state index in [-0.39, 0.29) is 6.04 Å². The van der Waals surface area contributed by atoms with Crippen LogP contribution in [0.15, 0.2) is 20.4 Å². The van der Waals surface area contributed by atoms with Crippen molar-refractivity contribution in [3.8, 4) is 0 Å². The number of aryl methyl sites for hydroxylation is 2. The van der Waals surface area contributed by atoms with E-state index in [1.807, 2.05) is 24.7 Å². The molecule has 1 unspecified atom stereocenters. The molecule has 6 heteroatoms. The van der Waals surface area contributed by atoms with Gasteiger partial charge in [-0.2, -0.15) is 5.10 Å². The molecule has 2 N–H and O–H groups in total. The van der Waals surface area contributed by atoms with Gasteiger partial charge in [0.15, 0.2) is 0 Å². The van der Waals surface area contributed by atoms with Gasteiger partial charge in [-0.15, -0.1) is 11.3 Å². The molecule has 0 spiro atoms. The van der Waals surface area contributed by atoms with Crippen LogP contribution in [0.4, 0.5) is 0 Å². The van der Waals surface area contributed by atoms with Crippen LogP contribution in [0.5, 0.6) is 0 Å². The van der Waals surface area contributed by atoms with E-state index in [0.29, 0.717) is 0 Å². The minimum Gasteiger partial charge on any atom is -0.323 e. The summed E-state index contributed by atoms with van der Waals surface area (Å²) in [6.45, 7) is 1.99. The number of nitrogens with zero attached hydrogens (tertiary/aromatic N) is 2. The second kappa shape index (κ2) is 5.22. The van der Waals surface area contributed by atoms with Gasteiger partial charge in [0.25, 0.3) is 0 Å². The number of thiophene rings is 1. The highest BCUT2D eigenvalue weighted by Gasteiger charge is 2.16. The summed E-state index contributed by atoms with van der Waals surface area (Å²) in [5.41, 5.74) is 8.36. The molecule has 17 heavy (non-hydrogen) atoms. The fraction of sp³-hybridized carbons (Fsp3) is 0.364. The highest BCUT2D eigenvalue weighted by molar-refractivity contribution is 9.11. The summed E-state index contributed by atoms with van der Waals surface area (Å²) in [6.07, 6.45) is 0.783. The van der Waals surface area contributed by atoms with Gasteiger partial charge in [0.2, 0.25) is 0 Å². The third kappa shape index (κ3) is 2.81. The van der Waals surface area contributed by atoms with Crippen molar-refractivity contribution in [1.82, 2.24) is 9.78 Å². The molecule has 0 saturated carbocycles. The maximum atomic E-state index is 6.22. The number of rotatable bonds is 3. The van der Waals surface area contributed by atoms with Crippen molar-refractivity contribution in [2.75, 3.05) is 0 Å². The van der Waals surface area contributed by atoms with Gasteiger partial charge in [0.05, 0.1) is 19.6 Å². The topological polar surface area (TPSA) is 43.8 Å². The average molecular weight is 379 g/mol. The third-order valence-corrected chi connectivity index (χ3v) is 5.42. The minimum atomic E-state index is 0.0115. The molecule has 0 aliphatic carbocycles. The normalized spacial score (nSPS) is 13.0. The fourth-order valence-corrected chi connectivity index (χ4v) is 3.66. The van der Waals surface area contributed by atoms with Crippen LogP contribution >= 0.6 is 43.2 Å². The highest BCUT2D eigenvalue weighted by Crippen LogP contribution is 2.30. The fourth-order valence-electron chi connectivity index (χ4n) is 1.74. The number of nitrogens with two attached hydrogens (primary N) is 1. The van der Waals surface area contributed by atoms with Gasteiger partial charge in [-0.05, 0) is 50.9 Å². The molecular weight excluding hydrogens is 366 g/mol. The molecule has 3 nitrogen and oxygen atoms in total. The number of aromatic nitrogens is 2. The Bertz CT molecular complexity index is 533. The first kappa shape index (κ1) is 13.3. The molecule has 2 rings (SSSR count). The Morgan fingerprint density at radius 2 is 2.18 bits per heavy atom. The van der Waals surface area contributed by atoms with Gasteiger partial charge in [-0.1, -0.05) is 0 Å². The van der Waals surface area contributed by atoms with Crippen molar-refractivity contribution in [1.29, 1.82) is 0 Å². The minimum absolute atomic E-state index is 0.0115. The smallest absolute Gasteiger partial charge is 0.0738 e. The summed E-state index contributed by atoms with van der Waals surface area (Å²) in [5, 5.41) is 4.37. The third-order valence-electron chi connectivity index (χ3n) is 2.63. The Hall–Kier alpha value is -0.170. The molecule has 0 aliphatic heterocycles.